The lowest BCUT2D eigenvalue weighted by Crippen LogP contribution is -2.15. The molecular formula is C24H18N2O6S2. The number of aromatic nitrogens is 1. The molecule has 0 radical (unpaired) electrons. The van der Waals surface area contributed by atoms with Gasteiger partial charge >= 0.3 is 5.97 Å². The van der Waals surface area contributed by atoms with Gasteiger partial charge in [-0.1, -0.05) is 36.4 Å². The molecule has 0 saturated carbocycles. The molecule has 0 bridgehead atoms. The van der Waals surface area contributed by atoms with Crippen molar-refractivity contribution < 1.29 is 23.9 Å². The van der Waals surface area contributed by atoms with Crippen LogP contribution in [0.2, 0.25) is 0 Å². The van der Waals surface area contributed by atoms with Crippen LogP contribution in [0.4, 0.5) is 5.69 Å². The summed E-state index contributed by atoms with van der Waals surface area (Å²) in [4.78, 5) is 30.2. The van der Waals surface area contributed by atoms with E-state index in [4.69, 9.17) is 19.2 Å². The second-order valence-corrected chi connectivity index (χ2v) is 9.46. The Morgan fingerprint density at radius 3 is 2.79 bits per heavy atom. The van der Waals surface area contributed by atoms with E-state index in [-0.39, 0.29) is 32.1 Å². The fourth-order valence-corrected chi connectivity index (χ4v) is 5.49. The molecule has 0 atom stereocenters. The standard InChI is InChI=1S/C24H18N2O6S2/c27-21(31-13-17-10-18(26(28)29)9-16-12-30-14-32-23(16)17)11-20-22(19-7-4-8-33-19)25-24(34-20)15-5-2-1-3-6-15/h1-10H,11-14H2. The van der Waals surface area contributed by atoms with Crippen LogP contribution in [0, 0.1) is 10.1 Å². The quantitative estimate of drug-likeness (QED) is 0.187. The minimum absolute atomic E-state index is 0.0405. The van der Waals surface area contributed by atoms with Gasteiger partial charge in [0, 0.05) is 33.7 Å². The minimum atomic E-state index is -0.490. The molecule has 0 fully saturated rings. The molecule has 1 aliphatic rings. The molecule has 0 spiro atoms. The maximum absolute atomic E-state index is 12.8. The number of hydrogen-bond acceptors (Lipinski definition) is 9. The third-order valence-corrected chi connectivity index (χ3v) is 7.13. The number of ether oxygens (including phenoxy) is 3. The van der Waals surface area contributed by atoms with Crippen LogP contribution in [0.25, 0.3) is 21.1 Å². The maximum Gasteiger partial charge on any atom is 0.311 e. The van der Waals surface area contributed by atoms with Gasteiger partial charge in [0.05, 0.1) is 28.5 Å². The number of nitro groups is 1. The molecule has 0 aliphatic carbocycles. The first-order chi connectivity index (χ1) is 16.6. The van der Waals surface area contributed by atoms with E-state index < -0.39 is 10.9 Å². The highest BCUT2D eigenvalue weighted by atomic mass is 32.1. The number of nitrogens with zero attached hydrogens (tertiary/aromatic N) is 2. The van der Waals surface area contributed by atoms with Crippen molar-refractivity contribution in [3.63, 3.8) is 0 Å². The highest BCUT2D eigenvalue weighted by Crippen LogP contribution is 2.37. The van der Waals surface area contributed by atoms with Crippen LogP contribution in [0.5, 0.6) is 5.75 Å². The number of thiazole rings is 1. The third kappa shape index (κ3) is 4.69. The Bertz CT molecular complexity index is 1340. The zero-order valence-corrected chi connectivity index (χ0v) is 19.4. The zero-order valence-electron chi connectivity index (χ0n) is 17.8. The van der Waals surface area contributed by atoms with Gasteiger partial charge in [0.15, 0.2) is 6.79 Å². The summed E-state index contributed by atoms with van der Waals surface area (Å²) in [7, 11) is 0. The van der Waals surface area contributed by atoms with Gasteiger partial charge < -0.3 is 14.2 Å². The van der Waals surface area contributed by atoms with E-state index in [1.54, 1.807) is 11.3 Å². The maximum atomic E-state index is 12.8. The van der Waals surface area contributed by atoms with Gasteiger partial charge in [0.25, 0.3) is 5.69 Å². The molecule has 5 rings (SSSR count). The number of hydrogen-bond donors (Lipinski definition) is 0. The molecule has 2 aromatic heterocycles. The normalized spacial score (nSPS) is 12.6. The van der Waals surface area contributed by atoms with E-state index in [9.17, 15) is 14.9 Å². The highest BCUT2D eigenvalue weighted by molar-refractivity contribution is 7.17. The van der Waals surface area contributed by atoms with Crippen molar-refractivity contribution in [2.24, 2.45) is 0 Å². The molecular weight excluding hydrogens is 476 g/mol. The van der Waals surface area contributed by atoms with Crippen molar-refractivity contribution in [3.05, 3.63) is 86.1 Å². The molecule has 1 aliphatic heterocycles. The van der Waals surface area contributed by atoms with E-state index in [2.05, 4.69) is 0 Å². The van der Waals surface area contributed by atoms with Crippen molar-refractivity contribution in [1.82, 2.24) is 4.98 Å². The van der Waals surface area contributed by atoms with Crippen molar-refractivity contribution in [2.45, 2.75) is 19.6 Å². The van der Waals surface area contributed by atoms with E-state index in [1.165, 1.54) is 23.5 Å². The second-order valence-electron chi connectivity index (χ2n) is 7.43. The summed E-state index contributed by atoms with van der Waals surface area (Å²) in [5.41, 5.74) is 2.64. The summed E-state index contributed by atoms with van der Waals surface area (Å²) in [6, 6.07) is 16.5. The lowest BCUT2D eigenvalue weighted by Gasteiger charge is -2.20. The van der Waals surface area contributed by atoms with Crippen LogP contribution in [-0.2, 0) is 33.9 Å². The number of benzene rings is 2. The summed E-state index contributed by atoms with van der Waals surface area (Å²) in [5, 5.41) is 14.1. The van der Waals surface area contributed by atoms with Crippen molar-refractivity contribution >= 4 is 34.3 Å². The summed E-state index contributed by atoms with van der Waals surface area (Å²) in [5.74, 6) is 0.0152. The van der Waals surface area contributed by atoms with Crippen LogP contribution in [0.1, 0.15) is 16.0 Å². The molecule has 4 aromatic rings. The summed E-state index contributed by atoms with van der Waals surface area (Å²) < 4.78 is 16.3. The van der Waals surface area contributed by atoms with Gasteiger partial charge in [0.1, 0.15) is 17.4 Å². The lowest BCUT2D eigenvalue weighted by molar-refractivity contribution is -0.385. The summed E-state index contributed by atoms with van der Waals surface area (Å²) in [6.45, 7) is 0.103. The molecule has 34 heavy (non-hydrogen) atoms. The predicted octanol–water partition coefficient (Wildman–Crippen LogP) is 5.60. The topological polar surface area (TPSA) is 101 Å². The number of esters is 1. The van der Waals surface area contributed by atoms with Gasteiger partial charge in [0.2, 0.25) is 0 Å². The second kappa shape index (κ2) is 9.72. The first-order valence-electron chi connectivity index (χ1n) is 10.3. The van der Waals surface area contributed by atoms with Crippen molar-refractivity contribution in [1.29, 1.82) is 0 Å². The Morgan fingerprint density at radius 1 is 1.18 bits per heavy atom. The first-order valence-corrected chi connectivity index (χ1v) is 12.0. The number of fused-ring (bicyclic) bond motifs is 1. The number of thiophene rings is 1. The van der Waals surface area contributed by atoms with E-state index in [1.807, 2.05) is 47.8 Å². The molecule has 0 unspecified atom stereocenters. The molecule has 0 saturated heterocycles. The fraction of sp³-hybridized carbons (Fsp3) is 0.167. The predicted molar refractivity (Wildman–Crippen MR) is 128 cm³/mol. The first kappa shape index (κ1) is 22.2. The van der Waals surface area contributed by atoms with Crippen molar-refractivity contribution in [2.75, 3.05) is 6.79 Å². The smallest absolute Gasteiger partial charge is 0.311 e. The molecule has 0 amide bonds. The SMILES string of the molecule is O=C(Cc1sc(-c2ccccc2)nc1-c1cccs1)OCc1cc([N+](=O)[O-])cc2c1OCOC2. The van der Waals surface area contributed by atoms with E-state index >= 15 is 0 Å². The average Bonchev–Trinajstić information content (AvgIpc) is 3.53. The molecule has 172 valence electrons. The largest absolute Gasteiger partial charge is 0.467 e. The zero-order chi connectivity index (χ0) is 23.5. The van der Waals surface area contributed by atoms with Gasteiger partial charge in [-0.05, 0) is 11.4 Å². The average molecular weight is 495 g/mol. The molecule has 2 aromatic carbocycles. The fourth-order valence-electron chi connectivity index (χ4n) is 3.62. The monoisotopic (exact) mass is 494 g/mol. The molecule has 3 heterocycles. The van der Waals surface area contributed by atoms with Crippen LogP contribution in [0.15, 0.2) is 60.0 Å². The molecule has 8 nitrogen and oxygen atoms in total. The van der Waals surface area contributed by atoms with Crippen molar-refractivity contribution in [3.8, 4) is 26.9 Å². The van der Waals surface area contributed by atoms with Gasteiger partial charge in [-0.25, -0.2) is 4.98 Å². The van der Waals surface area contributed by atoms with Crippen LogP contribution < -0.4 is 4.74 Å². The number of carbonyl (C=O) groups is 1. The van der Waals surface area contributed by atoms with Gasteiger partial charge in [-0.15, -0.1) is 22.7 Å². The Hall–Kier alpha value is -3.60. The number of rotatable bonds is 7. The Morgan fingerprint density at radius 2 is 2.03 bits per heavy atom. The van der Waals surface area contributed by atoms with Gasteiger partial charge in [-0.3, -0.25) is 14.9 Å². The Labute approximate surface area is 202 Å². The third-order valence-electron chi connectivity index (χ3n) is 5.15. The van der Waals surface area contributed by atoms with E-state index in [0.717, 1.165) is 26.0 Å². The summed E-state index contributed by atoms with van der Waals surface area (Å²) in [6.07, 6.45) is 0.0405. The van der Waals surface area contributed by atoms with Gasteiger partial charge in [-0.2, -0.15) is 0 Å². The lowest BCUT2D eigenvalue weighted by atomic mass is 10.1. The minimum Gasteiger partial charge on any atom is -0.467 e. The molecule has 10 heteroatoms. The van der Waals surface area contributed by atoms with Crippen LogP contribution in [-0.4, -0.2) is 22.7 Å². The Kier molecular flexibility index (Phi) is 6.35. The number of non-ortho nitro benzene ring substituents is 1. The molecule has 0 N–H and O–H groups in total. The van der Waals surface area contributed by atoms with Crippen LogP contribution >= 0.6 is 22.7 Å². The number of carbonyl (C=O) groups excluding carboxylic acids is 1. The highest BCUT2D eigenvalue weighted by Gasteiger charge is 2.23. The Balaban J connectivity index is 1.37. The number of nitro benzene ring substituents is 1. The van der Waals surface area contributed by atoms with Crippen LogP contribution in [0.3, 0.4) is 0 Å². The van der Waals surface area contributed by atoms with E-state index in [0.29, 0.717) is 16.9 Å². The summed E-state index contributed by atoms with van der Waals surface area (Å²) >= 11 is 3.01.